The molecule has 0 bridgehead atoms. The van der Waals surface area contributed by atoms with Gasteiger partial charge >= 0.3 is 11.9 Å². The SMILES string of the molecule is CCCCCCCCCc1ccc(CNCCC(C)(C(=O)OCC)C(=O)OCC)cc1. The molecule has 1 N–H and O–H groups in total. The predicted octanol–water partition coefficient (Wildman–Crippen LogP) is 5.59. The average molecular weight is 434 g/mol. The molecule has 5 heteroatoms. The van der Waals surface area contributed by atoms with E-state index in [0.29, 0.717) is 19.5 Å². The van der Waals surface area contributed by atoms with Crippen molar-refractivity contribution in [3.63, 3.8) is 0 Å². The molecule has 0 amide bonds. The number of unbranched alkanes of at least 4 members (excludes halogenated alkanes) is 6. The maximum atomic E-state index is 12.3. The third-order valence-electron chi connectivity index (χ3n) is 5.67. The molecule has 176 valence electrons. The van der Waals surface area contributed by atoms with E-state index in [9.17, 15) is 9.59 Å². The normalized spacial score (nSPS) is 11.4. The summed E-state index contributed by atoms with van der Waals surface area (Å²) < 4.78 is 10.2. The Kier molecular flexibility index (Phi) is 13.9. The first-order valence-electron chi connectivity index (χ1n) is 12.1. The van der Waals surface area contributed by atoms with E-state index >= 15 is 0 Å². The summed E-state index contributed by atoms with van der Waals surface area (Å²) in [6.07, 6.45) is 10.8. The number of ether oxygens (including phenoxy) is 2. The second-order valence-corrected chi connectivity index (χ2v) is 8.39. The molecule has 1 aromatic rings. The predicted molar refractivity (Wildman–Crippen MR) is 126 cm³/mol. The fraction of sp³-hybridized carbons (Fsp3) is 0.692. The van der Waals surface area contributed by atoms with Crippen LogP contribution in [0.25, 0.3) is 0 Å². The fourth-order valence-electron chi connectivity index (χ4n) is 3.55. The highest BCUT2D eigenvalue weighted by Crippen LogP contribution is 2.25. The molecule has 0 aromatic heterocycles. The van der Waals surface area contributed by atoms with Crippen molar-refractivity contribution in [2.24, 2.45) is 5.41 Å². The summed E-state index contributed by atoms with van der Waals surface area (Å²) in [5.74, 6) is -1.05. The Bertz CT molecular complexity index is 609. The standard InChI is InChI=1S/C26H43NO4/c1-5-8-9-10-11-12-13-14-22-15-17-23(18-16-22)21-27-20-19-26(4,24(28)30-6-2)25(29)31-7-3/h15-18,27H,5-14,19-21H2,1-4H3. The van der Waals surface area contributed by atoms with Crippen LogP contribution in [0, 0.1) is 5.41 Å². The third-order valence-corrected chi connectivity index (χ3v) is 5.67. The van der Waals surface area contributed by atoms with E-state index in [1.807, 2.05) is 0 Å². The van der Waals surface area contributed by atoms with Crippen molar-refractivity contribution in [2.45, 2.75) is 92.0 Å². The molecule has 5 nitrogen and oxygen atoms in total. The molecule has 0 saturated heterocycles. The maximum absolute atomic E-state index is 12.3. The van der Waals surface area contributed by atoms with Gasteiger partial charge in [-0.15, -0.1) is 0 Å². The highest BCUT2D eigenvalue weighted by molar-refractivity contribution is 5.99. The zero-order valence-electron chi connectivity index (χ0n) is 20.1. The van der Waals surface area contributed by atoms with Crippen molar-refractivity contribution in [1.82, 2.24) is 5.32 Å². The Hall–Kier alpha value is -1.88. The minimum absolute atomic E-state index is 0.243. The van der Waals surface area contributed by atoms with Crippen LogP contribution < -0.4 is 5.32 Å². The lowest BCUT2D eigenvalue weighted by molar-refractivity contribution is -0.171. The van der Waals surface area contributed by atoms with Crippen LogP contribution in [0.5, 0.6) is 0 Å². The smallest absolute Gasteiger partial charge is 0.323 e. The average Bonchev–Trinajstić information content (AvgIpc) is 2.77. The summed E-state index contributed by atoms with van der Waals surface area (Å²) >= 11 is 0. The molecule has 1 aromatic carbocycles. The van der Waals surface area contributed by atoms with Gasteiger partial charge in [0.15, 0.2) is 5.41 Å². The van der Waals surface area contributed by atoms with Crippen molar-refractivity contribution >= 4 is 11.9 Å². The molecule has 0 unspecified atom stereocenters. The van der Waals surface area contributed by atoms with E-state index in [4.69, 9.17) is 9.47 Å². The highest BCUT2D eigenvalue weighted by Gasteiger charge is 2.43. The summed E-state index contributed by atoms with van der Waals surface area (Å²) in [5.41, 5.74) is 1.30. The zero-order chi connectivity index (χ0) is 23.0. The molecule has 1 rings (SSSR count). The second-order valence-electron chi connectivity index (χ2n) is 8.39. The van der Waals surface area contributed by atoms with Gasteiger partial charge in [-0.1, -0.05) is 69.7 Å². The topological polar surface area (TPSA) is 64.6 Å². The minimum atomic E-state index is -1.28. The zero-order valence-corrected chi connectivity index (χ0v) is 20.1. The maximum Gasteiger partial charge on any atom is 0.323 e. The summed E-state index contributed by atoms with van der Waals surface area (Å²) in [4.78, 5) is 24.6. The van der Waals surface area contributed by atoms with E-state index < -0.39 is 17.4 Å². The van der Waals surface area contributed by atoms with Gasteiger partial charge in [0.2, 0.25) is 0 Å². The number of benzene rings is 1. The van der Waals surface area contributed by atoms with E-state index in [1.54, 1.807) is 20.8 Å². The Morgan fingerprint density at radius 1 is 0.806 bits per heavy atom. The molecule has 0 aliphatic rings. The van der Waals surface area contributed by atoms with Crippen LogP contribution in [0.2, 0.25) is 0 Å². The van der Waals surface area contributed by atoms with Gasteiger partial charge in [0, 0.05) is 6.54 Å². The van der Waals surface area contributed by atoms with Gasteiger partial charge in [-0.3, -0.25) is 9.59 Å². The summed E-state index contributed by atoms with van der Waals surface area (Å²) in [6, 6.07) is 8.71. The molecule has 0 atom stereocenters. The van der Waals surface area contributed by atoms with Gasteiger partial charge in [-0.2, -0.15) is 0 Å². The number of nitrogens with one attached hydrogen (secondary N) is 1. The molecular formula is C26H43NO4. The number of rotatable bonds is 17. The first-order chi connectivity index (χ1) is 15.0. The second kappa shape index (κ2) is 15.9. The van der Waals surface area contributed by atoms with Gasteiger partial charge in [0.05, 0.1) is 13.2 Å². The Morgan fingerprint density at radius 2 is 1.32 bits per heavy atom. The largest absolute Gasteiger partial charge is 0.465 e. The van der Waals surface area contributed by atoms with Crippen molar-refractivity contribution in [3.05, 3.63) is 35.4 Å². The molecule has 31 heavy (non-hydrogen) atoms. The fourth-order valence-corrected chi connectivity index (χ4v) is 3.55. The van der Waals surface area contributed by atoms with Crippen LogP contribution in [-0.2, 0) is 32.0 Å². The van der Waals surface area contributed by atoms with E-state index in [0.717, 1.165) is 6.42 Å². The summed E-state index contributed by atoms with van der Waals surface area (Å²) in [6.45, 7) is 9.02. The van der Waals surface area contributed by atoms with Crippen LogP contribution >= 0.6 is 0 Å². The summed E-state index contributed by atoms with van der Waals surface area (Å²) in [5, 5.41) is 3.33. The lowest BCUT2D eigenvalue weighted by Gasteiger charge is -2.25. The number of esters is 2. The molecule has 0 spiro atoms. The lowest BCUT2D eigenvalue weighted by Crippen LogP contribution is -2.41. The van der Waals surface area contributed by atoms with Crippen molar-refractivity contribution in [3.8, 4) is 0 Å². The van der Waals surface area contributed by atoms with E-state index in [2.05, 4.69) is 36.5 Å². The van der Waals surface area contributed by atoms with E-state index in [-0.39, 0.29) is 13.2 Å². The van der Waals surface area contributed by atoms with Gasteiger partial charge < -0.3 is 14.8 Å². The van der Waals surface area contributed by atoms with Gasteiger partial charge in [-0.25, -0.2) is 0 Å². The van der Waals surface area contributed by atoms with Crippen LogP contribution in [0.3, 0.4) is 0 Å². The number of aryl methyl sites for hydroxylation is 1. The highest BCUT2D eigenvalue weighted by atomic mass is 16.6. The third kappa shape index (κ3) is 10.3. The Labute approximate surface area is 189 Å². The van der Waals surface area contributed by atoms with E-state index in [1.165, 1.54) is 56.1 Å². The Morgan fingerprint density at radius 3 is 1.87 bits per heavy atom. The quantitative estimate of drug-likeness (QED) is 0.197. The first kappa shape index (κ1) is 27.2. The Balaban J connectivity index is 2.37. The van der Waals surface area contributed by atoms with Gasteiger partial charge in [0.25, 0.3) is 0 Å². The first-order valence-corrected chi connectivity index (χ1v) is 12.1. The van der Waals surface area contributed by atoms with Crippen LogP contribution in [0.4, 0.5) is 0 Å². The van der Waals surface area contributed by atoms with Crippen molar-refractivity contribution < 1.29 is 19.1 Å². The van der Waals surface area contributed by atoms with Crippen LogP contribution in [0.15, 0.2) is 24.3 Å². The molecule has 0 aliphatic heterocycles. The van der Waals surface area contributed by atoms with Crippen LogP contribution in [0.1, 0.15) is 90.2 Å². The minimum Gasteiger partial charge on any atom is -0.465 e. The van der Waals surface area contributed by atoms with Crippen molar-refractivity contribution in [2.75, 3.05) is 19.8 Å². The number of hydrogen-bond donors (Lipinski definition) is 1. The number of hydrogen-bond acceptors (Lipinski definition) is 5. The van der Waals surface area contributed by atoms with Crippen LogP contribution in [-0.4, -0.2) is 31.7 Å². The molecule has 0 fully saturated rings. The molecule has 0 heterocycles. The molecular weight excluding hydrogens is 390 g/mol. The number of carbonyl (C=O) groups excluding carboxylic acids is 2. The lowest BCUT2D eigenvalue weighted by atomic mass is 9.86. The molecule has 0 radical (unpaired) electrons. The molecule has 0 saturated carbocycles. The van der Waals surface area contributed by atoms with Crippen molar-refractivity contribution in [1.29, 1.82) is 0 Å². The number of carbonyl (C=O) groups is 2. The monoisotopic (exact) mass is 433 g/mol. The molecule has 0 aliphatic carbocycles. The van der Waals surface area contributed by atoms with Gasteiger partial charge in [0.1, 0.15) is 0 Å². The summed E-state index contributed by atoms with van der Waals surface area (Å²) in [7, 11) is 0. The van der Waals surface area contributed by atoms with Gasteiger partial charge in [-0.05, 0) is 57.7 Å².